The highest BCUT2D eigenvalue weighted by Crippen LogP contribution is 2.57. The van der Waals surface area contributed by atoms with Gasteiger partial charge in [0.05, 0.1) is 24.6 Å². The van der Waals surface area contributed by atoms with E-state index in [1.165, 1.54) is 18.1 Å². The van der Waals surface area contributed by atoms with Gasteiger partial charge in [-0.15, -0.1) is 0 Å². The smallest absolute Gasteiger partial charge is 0.238 e. The molecule has 1 heterocycles. The molecule has 9 heteroatoms. The van der Waals surface area contributed by atoms with Crippen molar-refractivity contribution >= 4 is 60.9 Å². The molecule has 2 amide bonds. The van der Waals surface area contributed by atoms with Crippen molar-refractivity contribution in [3.8, 4) is 11.5 Å². The summed E-state index contributed by atoms with van der Waals surface area (Å²) in [5.41, 5.74) is 2.64. The first kappa shape index (κ1) is 26.0. The van der Waals surface area contributed by atoms with Crippen LogP contribution in [0.25, 0.3) is 0 Å². The Balaban J connectivity index is 1.52. The molecular formula is C30H23Br2NO6. The molecule has 3 aliphatic carbocycles. The molecule has 6 rings (SSSR count). The van der Waals surface area contributed by atoms with Crippen molar-refractivity contribution in [1.82, 2.24) is 0 Å². The first-order valence-electron chi connectivity index (χ1n) is 12.5. The number of aromatic hydroxyl groups is 1. The second kappa shape index (κ2) is 9.41. The van der Waals surface area contributed by atoms with E-state index in [-0.39, 0.29) is 41.3 Å². The zero-order valence-electron chi connectivity index (χ0n) is 21.0. The number of allylic oxidation sites excluding steroid dienone is 6. The average Bonchev–Trinajstić information content (AvgIpc) is 3.17. The zero-order chi connectivity index (χ0) is 27.7. The Hall–Kier alpha value is -3.30. The van der Waals surface area contributed by atoms with Gasteiger partial charge in [0.15, 0.2) is 23.1 Å². The van der Waals surface area contributed by atoms with E-state index in [2.05, 4.69) is 31.9 Å². The number of imide groups is 1. The topological polar surface area (TPSA) is 101 Å². The predicted octanol–water partition coefficient (Wildman–Crippen LogP) is 5.56. The van der Waals surface area contributed by atoms with Crippen molar-refractivity contribution in [2.24, 2.45) is 17.8 Å². The SMILES string of the molecule is COc1cc(Br)cc(C2C3=CCC4C(=O)N(c5ccc(Br)cc5)C(=O)C4C3CC3=C2C(=O)C(C)=CC3=O)c1O. The van der Waals surface area contributed by atoms with Crippen LogP contribution in [0.4, 0.5) is 5.69 Å². The number of benzene rings is 2. The van der Waals surface area contributed by atoms with Gasteiger partial charge in [-0.2, -0.15) is 0 Å². The summed E-state index contributed by atoms with van der Waals surface area (Å²) in [6.45, 7) is 1.61. The van der Waals surface area contributed by atoms with Gasteiger partial charge >= 0.3 is 0 Å². The molecule has 0 bridgehead atoms. The number of hydrogen-bond acceptors (Lipinski definition) is 6. The molecule has 1 saturated heterocycles. The second-order valence-corrected chi connectivity index (χ2v) is 12.1. The van der Waals surface area contributed by atoms with Crippen LogP contribution in [0.2, 0.25) is 0 Å². The van der Waals surface area contributed by atoms with E-state index >= 15 is 0 Å². The first-order chi connectivity index (χ1) is 18.6. The first-order valence-corrected chi connectivity index (χ1v) is 14.1. The normalized spacial score (nSPS) is 26.2. The zero-order valence-corrected chi connectivity index (χ0v) is 24.2. The number of carbonyl (C=O) groups excluding carboxylic acids is 4. The number of ether oxygens (including phenoxy) is 1. The van der Waals surface area contributed by atoms with Gasteiger partial charge in [0.2, 0.25) is 11.8 Å². The van der Waals surface area contributed by atoms with Gasteiger partial charge in [0.25, 0.3) is 0 Å². The number of Topliss-reactive ketones (excluding diaryl/α,β-unsaturated/α-hetero) is 1. The Morgan fingerprint density at radius 1 is 0.974 bits per heavy atom. The average molecular weight is 653 g/mol. The lowest BCUT2D eigenvalue weighted by atomic mass is 9.59. The summed E-state index contributed by atoms with van der Waals surface area (Å²) in [5.74, 6) is -3.58. The molecule has 0 aromatic heterocycles. The Morgan fingerprint density at radius 2 is 1.69 bits per heavy atom. The van der Waals surface area contributed by atoms with Crippen LogP contribution >= 0.6 is 31.9 Å². The summed E-state index contributed by atoms with van der Waals surface area (Å²) in [6, 6.07) is 10.3. The molecular weight excluding hydrogens is 630 g/mol. The van der Waals surface area contributed by atoms with E-state index in [9.17, 15) is 24.3 Å². The standard InChI is InChI=1S/C30H23Br2NO6/c1-13-9-22(34)20-12-19-17(24(26(20)27(13)35)21-10-15(32)11-23(39-2)28(21)36)7-8-18-25(19)30(38)33(29(18)37)16-5-3-14(31)4-6-16/h3-7,9-11,18-19,24-25,36H,8,12H2,1-2H3. The van der Waals surface area contributed by atoms with E-state index in [0.29, 0.717) is 38.9 Å². The molecule has 39 heavy (non-hydrogen) atoms. The molecule has 7 nitrogen and oxygen atoms in total. The van der Waals surface area contributed by atoms with Crippen LogP contribution in [-0.4, -0.2) is 35.6 Å². The number of ketones is 2. The maximum atomic E-state index is 13.9. The number of rotatable bonds is 3. The minimum Gasteiger partial charge on any atom is -0.504 e. The van der Waals surface area contributed by atoms with Gasteiger partial charge < -0.3 is 9.84 Å². The third kappa shape index (κ3) is 3.89. The largest absolute Gasteiger partial charge is 0.504 e. The third-order valence-corrected chi connectivity index (χ3v) is 9.24. The van der Waals surface area contributed by atoms with Gasteiger partial charge in [-0.25, -0.2) is 0 Å². The van der Waals surface area contributed by atoms with E-state index in [0.717, 1.165) is 10.0 Å². The number of anilines is 1. The molecule has 4 aliphatic rings. The second-order valence-electron chi connectivity index (χ2n) is 10.3. The lowest BCUT2D eigenvalue weighted by Crippen LogP contribution is -2.39. The number of hydrogen-bond donors (Lipinski definition) is 1. The Morgan fingerprint density at radius 3 is 2.38 bits per heavy atom. The highest BCUT2D eigenvalue weighted by Gasteiger charge is 2.57. The van der Waals surface area contributed by atoms with E-state index < -0.39 is 23.7 Å². The molecule has 0 spiro atoms. The Labute approximate surface area is 241 Å². The molecule has 198 valence electrons. The van der Waals surface area contributed by atoms with Gasteiger partial charge in [0.1, 0.15) is 0 Å². The number of phenolic OH excluding ortho intramolecular Hbond substituents is 1. The van der Waals surface area contributed by atoms with E-state index in [4.69, 9.17) is 4.74 Å². The maximum Gasteiger partial charge on any atom is 0.238 e. The quantitative estimate of drug-likeness (QED) is 0.265. The molecule has 0 radical (unpaired) electrons. The highest BCUT2D eigenvalue weighted by molar-refractivity contribution is 9.10. The summed E-state index contributed by atoms with van der Waals surface area (Å²) in [5, 5.41) is 11.2. The van der Waals surface area contributed by atoms with Gasteiger partial charge in [-0.1, -0.05) is 43.5 Å². The molecule has 4 unspecified atom stereocenters. The molecule has 2 aromatic carbocycles. The van der Waals surface area contributed by atoms with Crippen LogP contribution in [0, 0.1) is 17.8 Å². The summed E-state index contributed by atoms with van der Waals surface area (Å²) in [4.78, 5) is 55.6. The molecule has 1 N–H and O–H groups in total. The number of halogens is 2. The lowest BCUT2D eigenvalue weighted by Gasteiger charge is -2.42. The Kier molecular flexibility index (Phi) is 6.26. The fourth-order valence-corrected chi connectivity index (χ4v) is 7.25. The summed E-state index contributed by atoms with van der Waals surface area (Å²) in [6.07, 6.45) is 3.75. The van der Waals surface area contributed by atoms with E-state index in [1.54, 1.807) is 43.3 Å². The predicted molar refractivity (Wildman–Crippen MR) is 150 cm³/mol. The minimum absolute atomic E-state index is 0.140. The minimum atomic E-state index is -0.768. The number of methoxy groups -OCH3 is 1. The van der Waals surface area contributed by atoms with Crippen LogP contribution in [-0.2, 0) is 19.2 Å². The third-order valence-electron chi connectivity index (χ3n) is 8.25. The van der Waals surface area contributed by atoms with Crippen molar-refractivity contribution < 1.29 is 29.0 Å². The number of carbonyl (C=O) groups is 4. The maximum absolute atomic E-state index is 13.9. The fourth-order valence-electron chi connectivity index (χ4n) is 6.53. The lowest BCUT2D eigenvalue weighted by molar-refractivity contribution is -0.123. The monoisotopic (exact) mass is 651 g/mol. The molecule has 4 atom stereocenters. The van der Waals surface area contributed by atoms with Crippen molar-refractivity contribution in [3.63, 3.8) is 0 Å². The summed E-state index contributed by atoms with van der Waals surface area (Å²) >= 11 is 6.86. The van der Waals surface area contributed by atoms with Crippen LogP contribution in [0.1, 0.15) is 31.2 Å². The van der Waals surface area contributed by atoms with Crippen LogP contribution in [0.3, 0.4) is 0 Å². The number of fused-ring (bicyclic) bond motifs is 3. The van der Waals surface area contributed by atoms with Crippen molar-refractivity contribution in [1.29, 1.82) is 0 Å². The van der Waals surface area contributed by atoms with Crippen molar-refractivity contribution in [3.05, 3.63) is 85.4 Å². The number of amides is 2. The van der Waals surface area contributed by atoms with Crippen LogP contribution < -0.4 is 9.64 Å². The van der Waals surface area contributed by atoms with Crippen molar-refractivity contribution in [2.45, 2.75) is 25.7 Å². The van der Waals surface area contributed by atoms with Crippen LogP contribution in [0.5, 0.6) is 11.5 Å². The van der Waals surface area contributed by atoms with Gasteiger partial charge in [-0.3, -0.25) is 24.1 Å². The number of nitrogens with zero attached hydrogens (tertiary/aromatic N) is 1. The number of phenols is 1. The molecule has 1 aliphatic heterocycles. The Bertz CT molecular complexity index is 1590. The van der Waals surface area contributed by atoms with Crippen molar-refractivity contribution in [2.75, 3.05) is 12.0 Å². The fraction of sp³-hybridized carbons (Fsp3) is 0.267. The van der Waals surface area contributed by atoms with E-state index in [1.807, 2.05) is 6.08 Å². The van der Waals surface area contributed by atoms with Gasteiger partial charge in [0, 0.05) is 37.1 Å². The summed E-state index contributed by atoms with van der Waals surface area (Å²) < 4.78 is 6.84. The van der Waals surface area contributed by atoms with Crippen LogP contribution in [0.15, 0.2) is 79.8 Å². The highest BCUT2D eigenvalue weighted by atomic mass is 79.9. The van der Waals surface area contributed by atoms with Gasteiger partial charge in [-0.05, 0) is 68.2 Å². The molecule has 1 fully saturated rings. The summed E-state index contributed by atoms with van der Waals surface area (Å²) in [7, 11) is 1.44. The molecule has 0 saturated carbocycles. The molecule has 2 aromatic rings.